The highest BCUT2D eigenvalue weighted by molar-refractivity contribution is 5.81. The molecule has 0 spiro atoms. The fraction of sp³-hybridized carbons (Fsp3) is 0.286. The number of hydrogen-bond donors (Lipinski definition) is 1. The maximum absolute atomic E-state index is 10.7. The lowest BCUT2D eigenvalue weighted by Gasteiger charge is -2.06. The van der Waals surface area contributed by atoms with Crippen LogP contribution >= 0.6 is 0 Å². The van der Waals surface area contributed by atoms with Crippen LogP contribution in [0.25, 0.3) is 0 Å². The summed E-state index contributed by atoms with van der Waals surface area (Å²) in [4.78, 5) is 21.2. The van der Waals surface area contributed by atoms with E-state index in [0.29, 0.717) is 18.8 Å². The molecule has 5 nitrogen and oxygen atoms in total. The minimum atomic E-state index is -0.863. The van der Waals surface area contributed by atoms with Crippen LogP contribution in [-0.2, 0) is 20.7 Å². The molecule has 0 fully saturated rings. The molecule has 0 amide bonds. The maximum Gasteiger partial charge on any atom is 0.330 e. The molecular formula is C14H16O5. The van der Waals surface area contributed by atoms with Gasteiger partial charge in [-0.3, -0.25) is 4.79 Å². The predicted molar refractivity (Wildman–Crippen MR) is 69.0 cm³/mol. The average molecular weight is 264 g/mol. The molecule has 0 saturated carbocycles. The van der Waals surface area contributed by atoms with Crippen LogP contribution in [0, 0.1) is 0 Å². The molecule has 5 heteroatoms. The lowest BCUT2D eigenvalue weighted by atomic mass is 10.1. The molecule has 0 radical (unpaired) electrons. The predicted octanol–water partition coefficient (Wildman–Crippen LogP) is 1.81. The Balaban J connectivity index is 2.24. The van der Waals surface area contributed by atoms with Gasteiger partial charge in [0, 0.05) is 12.5 Å². The van der Waals surface area contributed by atoms with Crippen molar-refractivity contribution in [1.82, 2.24) is 0 Å². The molecule has 19 heavy (non-hydrogen) atoms. The molecule has 0 aromatic heterocycles. The summed E-state index contributed by atoms with van der Waals surface area (Å²) in [5.74, 6) is -0.653. The Hall–Kier alpha value is -2.30. The van der Waals surface area contributed by atoms with Crippen LogP contribution in [-0.4, -0.2) is 30.3 Å². The Morgan fingerprint density at radius 2 is 1.89 bits per heavy atom. The number of rotatable bonds is 8. The van der Waals surface area contributed by atoms with E-state index >= 15 is 0 Å². The topological polar surface area (TPSA) is 72.8 Å². The third-order valence-corrected chi connectivity index (χ3v) is 2.25. The Morgan fingerprint density at radius 3 is 2.47 bits per heavy atom. The number of aliphatic carboxylic acids is 1. The molecule has 0 saturated heterocycles. The second-order valence-electron chi connectivity index (χ2n) is 3.79. The van der Waals surface area contributed by atoms with E-state index in [-0.39, 0.29) is 13.0 Å². The summed E-state index contributed by atoms with van der Waals surface area (Å²) in [5, 5.41) is 8.62. The average Bonchev–Trinajstić information content (AvgIpc) is 2.39. The van der Waals surface area contributed by atoms with Gasteiger partial charge in [-0.05, 0) is 17.7 Å². The van der Waals surface area contributed by atoms with Crippen LogP contribution in [0.1, 0.15) is 12.0 Å². The molecule has 0 unspecified atom stereocenters. The first-order chi connectivity index (χ1) is 9.11. The normalized spacial score (nSPS) is 9.68. The molecule has 0 heterocycles. The number of carbonyl (C=O) groups is 2. The Labute approximate surface area is 111 Å². The van der Waals surface area contributed by atoms with Crippen molar-refractivity contribution < 1.29 is 24.2 Å². The van der Waals surface area contributed by atoms with E-state index in [4.69, 9.17) is 14.6 Å². The van der Waals surface area contributed by atoms with Crippen molar-refractivity contribution in [2.75, 3.05) is 13.2 Å². The Morgan fingerprint density at radius 1 is 1.21 bits per heavy atom. The number of hydrogen-bond acceptors (Lipinski definition) is 4. The summed E-state index contributed by atoms with van der Waals surface area (Å²) in [5.41, 5.74) is 0.722. The van der Waals surface area contributed by atoms with Crippen LogP contribution < -0.4 is 4.74 Å². The van der Waals surface area contributed by atoms with Gasteiger partial charge in [-0.15, -0.1) is 0 Å². The van der Waals surface area contributed by atoms with E-state index in [1.807, 2.05) is 0 Å². The molecule has 0 bridgehead atoms. The summed E-state index contributed by atoms with van der Waals surface area (Å²) in [7, 11) is 0. The molecule has 1 rings (SSSR count). The molecule has 1 aromatic carbocycles. The van der Waals surface area contributed by atoms with E-state index < -0.39 is 11.9 Å². The fourth-order valence-electron chi connectivity index (χ4n) is 1.36. The number of esters is 1. The fourth-order valence-corrected chi connectivity index (χ4v) is 1.36. The summed E-state index contributed by atoms with van der Waals surface area (Å²) >= 11 is 0. The number of benzene rings is 1. The smallest absolute Gasteiger partial charge is 0.330 e. The van der Waals surface area contributed by atoms with E-state index in [9.17, 15) is 9.59 Å². The van der Waals surface area contributed by atoms with E-state index in [1.54, 1.807) is 24.3 Å². The van der Waals surface area contributed by atoms with Gasteiger partial charge >= 0.3 is 11.9 Å². The molecular weight excluding hydrogens is 248 g/mol. The van der Waals surface area contributed by atoms with Crippen LogP contribution in [0.4, 0.5) is 0 Å². The summed E-state index contributed by atoms with van der Waals surface area (Å²) in [6.07, 6.45) is 1.69. The first-order valence-corrected chi connectivity index (χ1v) is 5.84. The highest BCUT2D eigenvalue weighted by atomic mass is 16.5. The largest absolute Gasteiger partial charge is 0.493 e. The molecule has 1 N–H and O–H groups in total. The highest BCUT2D eigenvalue weighted by Gasteiger charge is 2.01. The molecule has 1 aromatic rings. The van der Waals surface area contributed by atoms with Gasteiger partial charge in [-0.25, -0.2) is 4.79 Å². The number of carboxylic acid groups (broad SMARTS) is 1. The zero-order valence-corrected chi connectivity index (χ0v) is 10.5. The Bertz CT molecular complexity index is 436. The number of carbonyl (C=O) groups excluding carboxylic acids is 1. The SMILES string of the molecule is C=CC(=O)OCCCOc1ccc(CC(=O)O)cc1. The van der Waals surface area contributed by atoms with Gasteiger partial charge in [0.15, 0.2) is 0 Å². The van der Waals surface area contributed by atoms with Crippen molar-refractivity contribution in [3.05, 3.63) is 42.5 Å². The van der Waals surface area contributed by atoms with Crippen molar-refractivity contribution in [3.63, 3.8) is 0 Å². The van der Waals surface area contributed by atoms with Gasteiger partial charge in [0.2, 0.25) is 0 Å². The van der Waals surface area contributed by atoms with E-state index in [1.165, 1.54) is 0 Å². The molecule has 102 valence electrons. The van der Waals surface area contributed by atoms with Crippen molar-refractivity contribution in [1.29, 1.82) is 0 Å². The van der Waals surface area contributed by atoms with Crippen molar-refractivity contribution in [2.24, 2.45) is 0 Å². The quantitative estimate of drug-likeness (QED) is 0.440. The summed E-state index contributed by atoms with van der Waals surface area (Å²) < 4.78 is 10.2. The van der Waals surface area contributed by atoms with Crippen molar-refractivity contribution in [2.45, 2.75) is 12.8 Å². The monoisotopic (exact) mass is 264 g/mol. The molecule has 0 atom stereocenters. The first-order valence-electron chi connectivity index (χ1n) is 5.84. The number of ether oxygens (including phenoxy) is 2. The minimum absolute atomic E-state index is 0.00220. The van der Waals surface area contributed by atoms with Crippen LogP contribution in [0.2, 0.25) is 0 Å². The van der Waals surface area contributed by atoms with Gasteiger partial charge in [-0.2, -0.15) is 0 Å². The lowest BCUT2D eigenvalue weighted by Crippen LogP contribution is -2.06. The minimum Gasteiger partial charge on any atom is -0.493 e. The zero-order valence-electron chi connectivity index (χ0n) is 10.5. The first kappa shape index (κ1) is 14.8. The standard InChI is InChI=1S/C14H16O5/c1-2-14(17)19-9-3-8-18-12-6-4-11(5-7-12)10-13(15)16/h2,4-7H,1,3,8-10H2,(H,15,16). The summed E-state index contributed by atoms with van der Waals surface area (Å²) in [6.45, 7) is 3.99. The van der Waals surface area contributed by atoms with Gasteiger partial charge < -0.3 is 14.6 Å². The maximum atomic E-state index is 10.7. The summed E-state index contributed by atoms with van der Waals surface area (Å²) in [6, 6.07) is 6.85. The highest BCUT2D eigenvalue weighted by Crippen LogP contribution is 2.12. The molecule has 0 aliphatic carbocycles. The third kappa shape index (κ3) is 6.26. The van der Waals surface area contributed by atoms with Gasteiger partial charge in [0.05, 0.1) is 19.6 Å². The van der Waals surface area contributed by atoms with Gasteiger partial charge in [-0.1, -0.05) is 18.7 Å². The van der Waals surface area contributed by atoms with Crippen molar-refractivity contribution >= 4 is 11.9 Å². The van der Waals surface area contributed by atoms with E-state index in [0.717, 1.165) is 11.6 Å². The third-order valence-electron chi connectivity index (χ3n) is 2.25. The Kier molecular flexibility index (Phi) is 6.15. The molecule has 0 aliphatic heterocycles. The van der Waals surface area contributed by atoms with Crippen LogP contribution in [0.3, 0.4) is 0 Å². The van der Waals surface area contributed by atoms with Crippen molar-refractivity contribution in [3.8, 4) is 5.75 Å². The molecule has 0 aliphatic rings. The lowest BCUT2D eigenvalue weighted by molar-refractivity contribution is -0.138. The number of carboxylic acids is 1. The van der Waals surface area contributed by atoms with Gasteiger partial charge in [0.1, 0.15) is 5.75 Å². The second-order valence-corrected chi connectivity index (χ2v) is 3.79. The van der Waals surface area contributed by atoms with Crippen LogP contribution in [0.5, 0.6) is 5.75 Å². The second kappa shape index (κ2) is 7.92. The van der Waals surface area contributed by atoms with Crippen LogP contribution in [0.15, 0.2) is 36.9 Å². The van der Waals surface area contributed by atoms with E-state index in [2.05, 4.69) is 6.58 Å². The van der Waals surface area contributed by atoms with Gasteiger partial charge in [0.25, 0.3) is 0 Å². The zero-order chi connectivity index (χ0) is 14.1.